The van der Waals surface area contributed by atoms with E-state index in [2.05, 4.69) is 15.9 Å². The van der Waals surface area contributed by atoms with Crippen LogP contribution in [0.2, 0.25) is 0 Å². The first kappa shape index (κ1) is 17.9. The molecular formula is C15H10BrF3N2O3. The Morgan fingerprint density at radius 2 is 1.71 bits per heavy atom. The lowest BCUT2D eigenvalue weighted by Gasteiger charge is -2.23. The van der Waals surface area contributed by atoms with Crippen LogP contribution in [0.4, 0.5) is 24.5 Å². The Morgan fingerprint density at radius 1 is 1.12 bits per heavy atom. The molecule has 0 heterocycles. The topological polar surface area (TPSA) is 63.5 Å². The van der Waals surface area contributed by atoms with Gasteiger partial charge in [0.2, 0.25) is 0 Å². The van der Waals surface area contributed by atoms with Gasteiger partial charge in [0.05, 0.1) is 11.5 Å². The average Bonchev–Trinajstić information content (AvgIpc) is 2.53. The number of para-hydroxylation sites is 2. The first-order valence-corrected chi connectivity index (χ1v) is 7.36. The molecule has 0 saturated heterocycles. The first-order valence-electron chi connectivity index (χ1n) is 6.56. The predicted octanol–water partition coefficient (Wildman–Crippen LogP) is 4.45. The fraction of sp³-hybridized carbons (Fsp3) is 0.133. The zero-order chi connectivity index (χ0) is 17.9. The van der Waals surface area contributed by atoms with Gasteiger partial charge in [0.1, 0.15) is 5.69 Å². The third-order valence-corrected chi connectivity index (χ3v) is 3.64. The predicted molar refractivity (Wildman–Crippen MR) is 84.5 cm³/mol. The van der Waals surface area contributed by atoms with Crippen LogP contribution in [0.5, 0.6) is 0 Å². The molecule has 0 atom stereocenters. The van der Waals surface area contributed by atoms with Gasteiger partial charge in [-0.1, -0.05) is 40.2 Å². The SMILES string of the molecule is O=C(N(Cc1ccc(Br)cc1)c1ccccc1[N+](=O)[O-])C(F)(F)F. The molecule has 24 heavy (non-hydrogen) atoms. The maximum atomic E-state index is 12.9. The van der Waals surface area contributed by atoms with E-state index in [1.165, 1.54) is 24.3 Å². The molecule has 126 valence electrons. The minimum atomic E-state index is -5.15. The van der Waals surface area contributed by atoms with Crippen molar-refractivity contribution in [3.05, 3.63) is 68.7 Å². The molecule has 5 nitrogen and oxygen atoms in total. The summed E-state index contributed by atoms with van der Waals surface area (Å²) in [6.07, 6.45) is -5.15. The molecule has 0 saturated carbocycles. The summed E-state index contributed by atoms with van der Waals surface area (Å²) >= 11 is 3.20. The number of benzene rings is 2. The second kappa shape index (κ2) is 7.00. The number of alkyl halides is 3. The highest BCUT2D eigenvalue weighted by Crippen LogP contribution is 2.32. The first-order chi connectivity index (χ1) is 11.2. The summed E-state index contributed by atoms with van der Waals surface area (Å²) in [5.74, 6) is -2.17. The van der Waals surface area contributed by atoms with E-state index in [4.69, 9.17) is 0 Å². The fourth-order valence-electron chi connectivity index (χ4n) is 2.04. The van der Waals surface area contributed by atoms with E-state index < -0.39 is 34.9 Å². The number of anilines is 1. The van der Waals surface area contributed by atoms with E-state index in [1.54, 1.807) is 12.1 Å². The van der Waals surface area contributed by atoms with E-state index in [1.807, 2.05) is 0 Å². The molecule has 2 aromatic rings. The average molecular weight is 403 g/mol. The van der Waals surface area contributed by atoms with E-state index in [9.17, 15) is 28.1 Å². The van der Waals surface area contributed by atoms with Crippen LogP contribution < -0.4 is 4.90 Å². The summed E-state index contributed by atoms with van der Waals surface area (Å²) in [6.45, 7) is -0.448. The molecule has 0 aliphatic heterocycles. The fourth-order valence-corrected chi connectivity index (χ4v) is 2.30. The highest BCUT2D eigenvalue weighted by Gasteiger charge is 2.44. The number of hydrogen-bond donors (Lipinski definition) is 0. The highest BCUT2D eigenvalue weighted by molar-refractivity contribution is 9.10. The molecule has 2 aromatic carbocycles. The van der Waals surface area contributed by atoms with Crippen molar-refractivity contribution in [3.63, 3.8) is 0 Å². The molecule has 1 amide bonds. The van der Waals surface area contributed by atoms with Crippen molar-refractivity contribution in [2.75, 3.05) is 4.90 Å². The Balaban J connectivity index is 2.49. The van der Waals surface area contributed by atoms with Crippen molar-refractivity contribution in [1.82, 2.24) is 0 Å². The van der Waals surface area contributed by atoms with Crippen molar-refractivity contribution >= 4 is 33.2 Å². The minimum Gasteiger partial charge on any atom is -0.294 e. The van der Waals surface area contributed by atoms with Gasteiger partial charge >= 0.3 is 12.1 Å². The maximum absolute atomic E-state index is 12.9. The minimum absolute atomic E-state index is 0.362. The molecule has 0 aromatic heterocycles. The van der Waals surface area contributed by atoms with Crippen molar-refractivity contribution in [1.29, 1.82) is 0 Å². The van der Waals surface area contributed by atoms with E-state index in [-0.39, 0.29) is 0 Å². The van der Waals surface area contributed by atoms with Crippen LogP contribution in [0.3, 0.4) is 0 Å². The number of amides is 1. The third kappa shape index (κ3) is 4.10. The van der Waals surface area contributed by atoms with Gasteiger partial charge < -0.3 is 0 Å². The molecule has 0 unspecified atom stereocenters. The van der Waals surface area contributed by atoms with Gasteiger partial charge in [-0.3, -0.25) is 19.8 Å². The molecule has 0 aliphatic rings. The third-order valence-electron chi connectivity index (χ3n) is 3.11. The smallest absolute Gasteiger partial charge is 0.294 e. The van der Waals surface area contributed by atoms with Crippen LogP contribution in [0.15, 0.2) is 53.0 Å². The summed E-state index contributed by atoms with van der Waals surface area (Å²) in [5, 5.41) is 11.1. The molecule has 0 fully saturated rings. The molecule has 0 spiro atoms. The normalized spacial score (nSPS) is 11.2. The van der Waals surface area contributed by atoms with Crippen LogP contribution in [0.25, 0.3) is 0 Å². The Hall–Kier alpha value is -2.42. The largest absolute Gasteiger partial charge is 0.471 e. The second-order valence-electron chi connectivity index (χ2n) is 4.76. The Labute approximate surface area is 143 Å². The van der Waals surface area contributed by atoms with Crippen LogP contribution in [-0.4, -0.2) is 17.0 Å². The summed E-state index contributed by atoms with van der Waals surface area (Å²) in [5.41, 5.74) is -0.589. The van der Waals surface area contributed by atoms with E-state index >= 15 is 0 Å². The summed E-state index contributed by atoms with van der Waals surface area (Å²) in [4.78, 5) is 22.4. The quantitative estimate of drug-likeness (QED) is 0.560. The maximum Gasteiger partial charge on any atom is 0.471 e. The number of nitro benzene ring substituents is 1. The number of hydrogen-bond acceptors (Lipinski definition) is 3. The lowest BCUT2D eigenvalue weighted by molar-refractivity contribution is -0.384. The number of carbonyl (C=O) groups is 1. The number of nitro groups is 1. The van der Waals surface area contributed by atoms with Crippen molar-refractivity contribution in [2.45, 2.75) is 12.7 Å². The molecular weight excluding hydrogens is 393 g/mol. The number of nitrogens with zero attached hydrogens (tertiary/aromatic N) is 2. The van der Waals surface area contributed by atoms with Crippen LogP contribution in [-0.2, 0) is 11.3 Å². The van der Waals surface area contributed by atoms with Crippen LogP contribution in [0, 0.1) is 10.1 Å². The molecule has 9 heteroatoms. The van der Waals surface area contributed by atoms with Gasteiger partial charge in [0.15, 0.2) is 0 Å². The second-order valence-corrected chi connectivity index (χ2v) is 5.68. The standard InChI is InChI=1S/C15H10BrF3N2O3/c16-11-7-5-10(6-8-11)9-20(14(22)15(17,18)19)12-3-1-2-4-13(12)21(23)24/h1-8H,9H2. The lowest BCUT2D eigenvalue weighted by Crippen LogP contribution is -2.41. The van der Waals surface area contributed by atoms with Gasteiger partial charge in [-0.15, -0.1) is 0 Å². The molecule has 0 aliphatic carbocycles. The summed E-state index contributed by atoms with van der Waals surface area (Å²) in [6, 6.07) is 11.1. The number of halogens is 4. The summed E-state index contributed by atoms with van der Waals surface area (Å²) < 4.78 is 39.5. The zero-order valence-corrected chi connectivity index (χ0v) is 13.5. The van der Waals surface area contributed by atoms with Gasteiger partial charge in [0, 0.05) is 10.5 Å². The highest BCUT2D eigenvalue weighted by atomic mass is 79.9. The van der Waals surface area contributed by atoms with Gasteiger partial charge in [-0.05, 0) is 23.8 Å². The molecule has 0 N–H and O–H groups in total. The lowest BCUT2D eigenvalue weighted by atomic mass is 10.1. The molecule has 2 rings (SSSR count). The van der Waals surface area contributed by atoms with Gasteiger partial charge in [-0.25, -0.2) is 0 Å². The van der Waals surface area contributed by atoms with Crippen LogP contribution in [0.1, 0.15) is 5.56 Å². The zero-order valence-electron chi connectivity index (χ0n) is 12.0. The molecule has 0 bridgehead atoms. The summed E-state index contributed by atoms with van der Waals surface area (Å²) in [7, 11) is 0. The Bertz CT molecular complexity index is 763. The van der Waals surface area contributed by atoms with Gasteiger partial charge in [-0.2, -0.15) is 13.2 Å². The van der Waals surface area contributed by atoms with Crippen molar-refractivity contribution < 1.29 is 22.9 Å². The van der Waals surface area contributed by atoms with E-state index in [0.29, 0.717) is 14.9 Å². The van der Waals surface area contributed by atoms with Crippen molar-refractivity contribution in [2.24, 2.45) is 0 Å². The number of rotatable bonds is 4. The monoisotopic (exact) mass is 402 g/mol. The molecule has 0 radical (unpaired) electrons. The van der Waals surface area contributed by atoms with E-state index in [0.717, 1.165) is 12.1 Å². The van der Waals surface area contributed by atoms with Gasteiger partial charge in [0.25, 0.3) is 5.69 Å². The Kier molecular flexibility index (Phi) is 5.23. The number of carbonyl (C=O) groups excluding carboxylic acids is 1. The van der Waals surface area contributed by atoms with Crippen molar-refractivity contribution in [3.8, 4) is 0 Å². The van der Waals surface area contributed by atoms with Crippen LogP contribution >= 0.6 is 15.9 Å². The Morgan fingerprint density at radius 3 is 2.25 bits per heavy atom.